The van der Waals surface area contributed by atoms with Crippen molar-refractivity contribution in [2.45, 2.75) is 24.7 Å². The highest BCUT2D eigenvalue weighted by molar-refractivity contribution is 7.90. The molecule has 3 aromatic rings. The van der Waals surface area contributed by atoms with Crippen LogP contribution in [0.5, 0.6) is 0 Å². The number of rotatable bonds is 6. The number of nitrogens with zero attached hydrogens (tertiary/aromatic N) is 1. The van der Waals surface area contributed by atoms with E-state index in [1.165, 1.54) is 24.5 Å². The Morgan fingerprint density at radius 2 is 1.71 bits per heavy atom. The lowest BCUT2D eigenvalue weighted by Gasteiger charge is -2.05. The smallest absolute Gasteiger partial charge is 0.223 e. The summed E-state index contributed by atoms with van der Waals surface area (Å²) in [4.78, 5) is 17.2. The van der Waals surface area contributed by atoms with Gasteiger partial charge in [-0.25, -0.2) is 13.4 Å². The van der Waals surface area contributed by atoms with Crippen LogP contribution in [0.2, 0.25) is 0 Å². The van der Waals surface area contributed by atoms with Gasteiger partial charge in [0, 0.05) is 18.9 Å². The highest BCUT2D eigenvalue weighted by Gasteiger charge is 2.15. The molecule has 0 unspecified atom stereocenters. The van der Waals surface area contributed by atoms with Crippen molar-refractivity contribution in [3.63, 3.8) is 0 Å². The summed E-state index contributed by atoms with van der Waals surface area (Å²) < 4.78 is 23.4. The highest BCUT2D eigenvalue weighted by Crippen LogP contribution is 2.34. The van der Waals surface area contributed by atoms with Crippen LogP contribution in [0.25, 0.3) is 10.4 Å². The third kappa shape index (κ3) is 4.96. The normalized spacial score (nSPS) is 11.4. The fourth-order valence-electron chi connectivity index (χ4n) is 2.75. The van der Waals surface area contributed by atoms with Gasteiger partial charge in [0.1, 0.15) is 0 Å². The first-order chi connectivity index (χ1) is 13.2. The molecule has 2 aromatic carbocycles. The van der Waals surface area contributed by atoms with Crippen molar-refractivity contribution < 1.29 is 13.2 Å². The molecule has 0 fully saturated rings. The molecule has 3 N–H and O–H groups in total. The van der Waals surface area contributed by atoms with Gasteiger partial charge in [-0.15, -0.1) is 0 Å². The Bertz CT molecular complexity index is 1090. The number of aromatic nitrogens is 1. The average molecular weight is 416 g/mol. The molecule has 146 valence electrons. The van der Waals surface area contributed by atoms with Crippen molar-refractivity contribution >= 4 is 37.9 Å². The van der Waals surface area contributed by atoms with Crippen molar-refractivity contribution in [3.8, 4) is 10.4 Å². The number of hydrogen-bond donors (Lipinski definition) is 2. The molecule has 0 radical (unpaired) electrons. The molecule has 1 aromatic heterocycles. The summed E-state index contributed by atoms with van der Waals surface area (Å²) in [5.74, 6) is -0.183. The van der Waals surface area contributed by atoms with E-state index in [1.807, 2.05) is 24.3 Å². The number of benzene rings is 2. The molecule has 8 heteroatoms. The Hall–Kier alpha value is -2.71. The Morgan fingerprint density at radius 3 is 2.29 bits per heavy atom. The van der Waals surface area contributed by atoms with Gasteiger partial charge in [0.2, 0.25) is 5.91 Å². The highest BCUT2D eigenvalue weighted by atomic mass is 32.2. The summed E-state index contributed by atoms with van der Waals surface area (Å²) >= 11 is 1.38. The van der Waals surface area contributed by atoms with Crippen LogP contribution in [0.4, 0.5) is 10.8 Å². The average Bonchev–Trinajstić information content (AvgIpc) is 3.02. The van der Waals surface area contributed by atoms with Crippen LogP contribution in [0.15, 0.2) is 53.4 Å². The van der Waals surface area contributed by atoms with Gasteiger partial charge in [0.05, 0.1) is 15.5 Å². The fourth-order valence-corrected chi connectivity index (χ4v) is 4.45. The number of sulfone groups is 1. The van der Waals surface area contributed by atoms with Crippen molar-refractivity contribution in [3.05, 3.63) is 59.8 Å². The monoisotopic (exact) mass is 415 g/mol. The molecule has 0 aliphatic carbocycles. The SMILES string of the molecule is CC(=O)Nc1nc(CCc2ccc(N)cc2)c(-c2ccc(S(C)(=O)=O)cc2)s1. The molecule has 6 nitrogen and oxygen atoms in total. The third-order valence-corrected chi connectivity index (χ3v) is 6.35. The van der Waals surface area contributed by atoms with Gasteiger partial charge >= 0.3 is 0 Å². The Labute approximate surface area is 168 Å². The summed E-state index contributed by atoms with van der Waals surface area (Å²) in [5.41, 5.74) is 9.32. The molecule has 3 rings (SSSR count). The quantitative estimate of drug-likeness (QED) is 0.600. The van der Waals surface area contributed by atoms with Gasteiger partial charge in [-0.3, -0.25) is 4.79 Å². The molecule has 28 heavy (non-hydrogen) atoms. The summed E-state index contributed by atoms with van der Waals surface area (Å²) in [7, 11) is -3.25. The first-order valence-corrected chi connectivity index (χ1v) is 11.4. The minimum absolute atomic E-state index is 0.183. The van der Waals surface area contributed by atoms with Crippen molar-refractivity contribution in [2.24, 2.45) is 0 Å². The number of carbonyl (C=O) groups excluding carboxylic acids is 1. The number of hydrogen-bond acceptors (Lipinski definition) is 6. The number of carbonyl (C=O) groups is 1. The predicted octanol–water partition coefficient (Wildman–Crippen LogP) is 3.54. The zero-order valence-electron chi connectivity index (χ0n) is 15.6. The van der Waals surface area contributed by atoms with E-state index in [4.69, 9.17) is 5.73 Å². The molecule has 0 atom stereocenters. The van der Waals surface area contributed by atoms with Gasteiger partial charge in [0.25, 0.3) is 0 Å². The van der Waals surface area contributed by atoms with Crippen LogP contribution >= 0.6 is 11.3 Å². The van der Waals surface area contributed by atoms with E-state index < -0.39 is 9.84 Å². The largest absolute Gasteiger partial charge is 0.399 e. The van der Waals surface area contributed by atoms with Crippen LogP contribution in [0, 0.1) is 0 Å². The minimum atomic E-state index is -3.25. The summed E-state index contributed by atoms with van der Waals surface area (Å²) in [6.07, 6.45) is 2.64. The summed E-state index contributed by atoms with van der Waals surface area (Å²) in [6, 6.07) is 14.4. The number of nitrogen functional groups attached to an aromatic ring is 1. The molecular weight excluding hydrogens is 394 g/mol. The number of thiazole rings is 1. The molecule has 1 amide bonds. The summed E-state index contributed by atoms with van der Waals surface area (Å²) in [5, 5.41) is 3.26. The minimum Gasteiger partial charge on any atom is -0.399 e. The van der Waals surface area contributed by atoms with Crippen molar-refractivity contribution in [2.75, 3.05) is 17.3 Å². The zero-order chi connectivity index (χ0) is 20.3. The van der Waals surface area contributed by atoms with Crippen molar-refractivity contribution in [1.82, 2.24) is 4.98 Å². The molecule has 0 bridgehead atoms. The van der Waals surface area contributed by atoms with E-state index in [9.17, 15) is 13.2 Å². The van der Waals surface area contributed by atoms with Gasteiger partial charge in [-0.05, 0) is 48.2 Å². The number of nitrogens with one attached hydrogen (secondary N) is 1. The lowest BCUT2D eigenvalue weighted by Crippen LogP contribution is -2.05. The first-order valence-electron chi connectivity index (χ1n) is 8.64. The molecule has 1 heterocycles. The topological polar surface area (TPSA) is 102 Å². The van der Waals surface area contributed by atoms with Gasteiger partial charge in [-0.2, -0.15) is 0 Å². The molecule has 0 spiro atoms. The maximum Gasteiger partial charge on any atom is 0.223 e. The Morgan fingerprint density at radius 1 is 1.07 bits per heavy atom. The molecule has 0 saturated heterocycles. The Kier molecular flexibility index (Phi) is 5.81. The number of anilines is 2. The van der Waals surface area contributed by atoms with Crippen LogP contribution in [-0.4, -0.2) is 25.6 Å². The standard InChI is InChI=1S/C20H21N3O3S2/c1-13(24)22-20-23-18(12-5-14-3-8-16(21)9-4-14)19(27-20)15-6-10-17(11-7-15)28(2,25)26/h3-4,6-11H,5,12,21H2,1-2H3,(H,22,23,24). The van der Waals surface area contributed by atoms with E-state index in [2.05, 4.69) is 10.3 Å². The number of amides is 1. The number of nitrogens with two attached hydrogens (primary N) is 1. The van der Waals surface area contributed by atoms with Crippen LogP contribution in [0.3, 0.4) is 0 Å². The third-order valence-electron chi connectivity index (χ3n) is 4.16. The van der Waals surface area contributed by atoms with E-state index >= 15 is 0 Å². The van der Waals surface area contributed by atoms with Crippen molar-refractivity contribution in [1.29, 1.82) is 0 Å². The molecular formula is C20H21N3O3S2. The maximum atomic E-state index is 11.7. The first kappa shape index (κ1) is 20.0. The predicted molar refractivity (Wildman–Crippen MR) is 113 cm³/mol. The van der Waals surface area contributed by atoms with Crippen LogP contribution < -0.4 is 11.1 Å². The maximum absolute atomic E-state index is 11.7. The van der Waals surface area contributed by atoms with E-state index in [0.717, 1.165) is 33.8 Å². The molecule has 0 aliphatic heterocycles. The second-order valence-corrected chi connectivity index (χ2v) is 9.53. The Balaban J connectivity index is 1.90. The molecule has 0 aliphatic rings. The second kappa shape index (κ2) is 8.12. The lowest BCUT2D eigenvalue weighted by atomic mass is 10.1. The number of aryl methyl sites for hydroxylation is 2. The zero-order valence-corrected chi connectivity index (χ0v) is 17.2. The van der Waals surface area contributed by atoms with E-state index in [-0.39, 0.29) is 10.8 Å². The fraction of sp³-hybridized carbons (Fsp3) is 0.200. The van der Waals surface area contributed by atoms with Crippen LogP contribution in [-0.2, 0) is 27.5 Å². The van der Waals surface area contributed by atoms with Gasteiger partial charge in [0.15, 0.2) is 15.0 Å². The van der Waals surface area contributed by atoms with Gasteiger partial charge in [-0.1, -0.05) is 35.6 Å². The van der Waals surface area contributed by atoms with E-state index in [0.29, 0.717) is 11.6 Å². The van der Waals surface area contributed by atoms with E-state index in [1.54, 1.807) is 24.3 Å². The summed E-state index contributed by atoms with van der Waals surface area (Å²) in [6.45, 7) is 1.44. The molecule has 0 saturated carbocycles. The second-order valence-electron chi connectivity index (χ2n) is 6.51. The lowest BCUT2D eigenvalue weighted by molar-refractivity contribution is -0.114. The van der Waals surface area contributed by atoms with Gasteiger partial charge < -0.3 is 11.1 Å². The van der Waals surface area contributed by atoms with Crippen LogP contribution in [0.1, 0.15) is 18.2 Å².